The molecule has 0 radical (unpaired) electrons. The Morgan fingerprint density at radius 2 is 1.95 bits per heavy atom. The molecule has 3 nitrogen and oxygen atoms in total. The number of halogens is 1. The molecule has 3 aromatic rings. The highest BCUT2D eigenvalue weighted by Gasteiger charge is 2.18. The Morgan fingerprint density at radius 1 is 1.19 bits per heavy atom. The molecular formula is C17H11ClN2O. The molecule has 0 aliphatic carbocycles. The van der Waals surface area contributed by atoms with Crippen LogP contribution in [0.25, 0.3) is 10.9 Å². The molecular weight excluding hydrogens is 284 g/mol. The summed E-state index contributed by atoms with van der Waals surface area (Å²) in [7, 11) is 0. The standard InChI is InChI=1S/C17H11ClN2O/c18-12-6-7-15-14(10-12)13(8-9-19)16(20-15)17(21)11-4-2-1-3-5-11/h1-7,10,20H,8H2. The number of carbonyl (C=O) groups is 1. The van der Waals surface area contributed by atoms with E-state index in [1.807, 2.05) is 24.3 Å². The average molecular weight is 295 g/mol. The minimum atomic E-state index is -0.117. The first-order valence-electron chi connectivity index (χ1n) is 6.47. The van der Waals surface area contributed by atoms with Gasteiger partial charge in [-0.25, -0.2) is 0 Å². The van der Waals surface area contributed by atoms with Crippen molar-refractivity contribution < 1.29 is 4.79 Å². The van der Waals surface area contributed by atoms with Gasteiger partial charge in [0.25, 0.3) is 0 Å². The molecule has 21 heavy (non-hydrogen) atoms. The summed E-state index contributed by atoms with van der Waals surface area (Å²) in [6.07, 6.45) is 0.161. The third-order valence-electron chi connectivity index (χ3n) is 3.39. The van der Waals surface area contributed by atoms with Crippen molar-refractivity contribution in [2.45, 2.75) is 6.42 Å². The van der Waals surface area contributed by atoms with Gasteiger partial charge >= 0.3 is 0 Å². The summed E-state index contributed by atoms with van der Waals surface area (Å²) >= 11 is 6.01. The largest absolute Gasteiger partial charge is 0.352 e. The number of ketones is 1. The van der Waals surface area contributed by atoms with E-state index >= 15 is 0 Å². The number of H-pyrrole nitrogens is 1. The van der Waals surface area contributed by atoms with Gasteiger partial charge in [0.15, 0.2) is 0 Å². The highest BCUT2D eigenvalue weighted by molar-refractivity contribution is 6.31. The quantitative estimate of drug-likeness (QED) is 0.739. The molecule has 0 aliphatic heterocycles. The van der Waals surface area contributed by atoms with Crippen LogP contribution in [0.5, 0.6) is 0 Å². The second-order valence-corrected chi connectivity index (χ2v) is 5.13. The predicted molar refractivity (Wildman–Crippen MR) is 82.5 cm³/mol. The van der Waals surface area contributed by atoms with E-state index in [4.69, 9.17) is 16.9 Å². The monoisotopic (exact) mass is 294 g/mol. The number of aromatic amines is 1. The number of benzene rings is 2. The van der Waals surface area contributed by atoms with E-state index in [0.717, 1.165) is 10.9 Å². The lowest BCUT2D eigenvalue weighted by Crippen LogP contribution is -2.04. The van der Waals surface area contributed by atoms with Crippen LogP contribution in [-0.4, -0.2) is 10.8 Å². The van der Waals surface area contributed by atoms with Gasteiger partial charge in [-0.15, -0.1) is 0 Å². The molecule has 1 heterocycles. The van der Waals surface area contributed by atoms with Crippen LogP contribution in [0.4, 0.5) is 0 Å². The maximum absolute atomic E-state index is 12.6. The van der Waals surface area contributed by atoms with E-state index in [1.54, 1.807) is 24.3 Å². The van der Waals surface area contributed by atoms with Crippen molar-refractivity contribution in [3.8, 4) is 6.07 Å². The summed E-state index contributed by atoms with van der Waals surface area (Å²) in [5, 5.41) is 10.4. The van der Waals surface area contributed by atoms with Gasteiger partial charge in [0.2, 0.25) is 5.78 Å². The molecule has 0 fully saturated rings. The summed E-state index contributed by atoms with van der Waals surface area (Å²) < 4.78 is 0. The Balaban J connectivity index is 2.20. The topological polar surface area (TPSA) is 56.6 Å². The van der Waals surface area contributed by atoms with Crippen molar-refractivity contribution in [3.63, 3.8) is 0 Å². The van der Waals surface area contributed by atoms with E-state index < -0.39 is 0 Å². The number of nitriles is 1. The van der Waals surface area contributed by atoms with Crippen molar-refractivity contribution in [2.24, 2.45) is 0 Å². The number of fused-ring (bicyclic) bond motifs is 1. The van der Waals surface area contributed by atoms with E-state index in [0.29, 0.717) is 21.8 Å². The van der Waals surface area contributed by atoms with Gasteiger partial charge in [-0.2, -0.15) is 5.26 Å². The fraction of sp³-hybridized carbons (Fsp3) is 0.0588. The molecule has 102 valence electrons. The van der Waals surface area contributed by atoms with Crippen molar-refractivity contribution >= 4 is 28.3 Å². The van der Waals surface area contributed by atoms with Crippen molar-refractivity contribution in [3.05, 3.63) is 70.4 Å². The maximum atomic E-state index is 12.6. The van der Waals surface area contributed by atoms with Crippen LogP contribution in [0.1, 0.15) is 21.6 Å². The van der Waals surface area contributed by atoms with E-state index in [-0.39, 0.29) is 12.2 Å². The molecule has 0 unspecified atom stereocenters. The van der Waals surface area contributed by atoms with Crippen molar-refractivity contribution in [1.29, 1.82) is 5.26 Å². The molecule has 0 amide bonds. The second kappa shape index (κ2) is 5.43. The normalized spacial score (nSPS) is 10.5. The first kappa shape index (κ1) is 13.4. The van der Waals surface area contributed by atoms with Gasteiger partial charge in [-0.3, -0.25) is 4.79 Å². The Morgan fingerprint density at radius 3 is 2.67 bits per heavy atom. The van der Waals surface area contributed by atoms with Crippen LogP contribution < -0.4 is 0 Å². The van der Waals surface area contributed by atoms with E-state index in [1.165, 1.54) is 0 Å². The van der Waals surface area contributed by atoms with Gasteiger partial charge < -0.3 is 4.98 Å². The van der Waals surface area contributed by atoms with Crippen molar-refractivity contribution in [2.75, 3.05) is 0 Å². The summed E-state index contributed by atoms with van der Waals surface area (Å²) in [5.74, 6) is -0.117. The van der Waals surface area contributed by atoms with Gasteiger partial charge in [0.1, 0.15) is 0 Å². The number of hydrogen-bond donors (Lipinski definition) is 1. The molecule has 4 heteroatoms. The molecule has 0 atom stereocenters. The number of nitrogens with one attached hydrogen (secondary N) is 1. The summed E-state index contributed by atoms with van der Waals surface area (Å²) in [6.45, 7) is 0. The first-order valence-corrected chi connectivity index (χ1v) is 6.85. The minimum Gasteiger partial charge on any atom is -0.352 e. The zero-order valence-electron chi connectivity index (χ0n) is 11.1. The minimum absolute atomic E-state index is 0.117. The Kier molecular flexibility index (Phi) is 3.47. The summed E-state index contributed by atoms with van der Waals surface area (Å²) in [4.78, 5) is 15.7. The fourth-order valence-electron chi connectivity index (χ4n) is 2.41. The van der Waals surface area contributed by atoms with Gasteiger partial charge in [0, 0.05) is 27.1 Å². The molecule has 1 aromatic heterocycles. The molecule has 0 saturated heterocycles. The molecule has 2 aromatic carbocycles. The van der Waals surface area contributed by atoms with Crippen LogP contribution >= 0.6 is 11.6 Å². The Hall–Kier alpha value is -2.57. The number of nitrogens with zero attached hydrogens (tertiary/aromatic N) is 1. The van der Waals surface area contributed by atoms with E-state index in [2.05, 4.69) is 11.1 Å². The lowest BCUT2D eigenvalue weighted by Gasteiger charge is -2.01. The first-order chi connectivity index (χ1) is 10.2. The molecule has 0 saturated carbocycles. The number of rotatable bonds is 3. The number of hydrogen-bond acceptors (Lipinski definition) is 2. The van der Waals surface area contributed by atoms with Crippen LogP contribution in [0.15, 0.2) is 48.5 Å². The van der Waals surface area contributed by atoms with Crippen LogP contribution in [-0.2, 0) is 6.42 Å². The lowest BCUT2D eigenvalue weighted by molar-refractivity contribution is 0.103. The third kappa shape index (κ3) is 2.42. The van der Waals surface area contributed by atoms with Crippen LogP contribution in [0.2, 0.25) is 5.02 Å². The predicted octanol–water partition coefficient (Wildman–Crippen LogP) is 4.12. The second-order valence-electron chi connectivity index (χ2n) is 4.70. The highest BCUT2D eigenvalue weighted by Crippen LogP contribution is 2.27. The van der Waals surface area contributed by atoms with Crippen LogP contribution in [0.3, 0.4) is 0 Å². The van der Waals surface area contributed by atoms with Gasteiger partial charge in [-0.1, -0.05) is 41.9 Å². The maximum Gasteiger partial charge on any atom is 0.209 e. The molecule has 3 rings (SSSR count). The van der Waals surface area contributed by atoms with Crippen molar-refractivity contribution in [1.82, 2.24) is 4.98 Å². The number of aromatic nitrogens is 1. The lowest BCUT2D eigenvalue weighted by atomic mass is 10.0. The molecule has 0 aliphatic rings. The number of carbonyl (C=O) groups excluding carboxylic acids is 1. The zero-order chi connectivity index (χ0) is 14.8. The van der Waals surface area contributed by atoms with E-state index in [9.17, 15) is 4.79 Å². The zero-order valence-corrected chi connectivity index (χ0v) is 11.8. The highest BCUT2D eigenvalue weighted by atomic mass is 35.5. The SMILES string of the molecule is N#CCc1c(C(=O)c2ccccc2)[nH]c2ccc(Cl)cc12. The molecule has 0 spiro atoms. The smallest absolute Gasteiger partial charge is 0.209 e. The Bertz CT molecular complexity index is 860. The van der Waals surface area contributed by atoms with Gasteiger partial charge in [-0.05, 0) is 18.2 Å². The average Bonchev–Trinajstić information content (AvgIpc) is 2.86. The summed E-state index contributed by atoms with van der Waals surface area (Å²) in [6, 6.07) is 16.5. The fourth-order valence-corrected chi connectivity index (χ4v) is 2.58. The van der Waals surface area contributed by atoms with Crippen LogP contribution in [0, 0.1) is 11.3 Å². The summed E-state index contributed by atoms with van der Waals surface area (Å²) in [5.41, 5.74) is 2.56. The molecule has 1 N–H and O–H groups in total. The Labute approximate surface area is 126 Å². The van der Waals surface area contributed by atoms with Gasteiger partial charge in [0.05, 0.1) is 18.2 Å². The molecule has 0 bridgehead atoms. The third-order valence-corrected chi connectivity index (χ3v) is 3.62.